The molecule has 2 aromatic carbocycles. The number of carbonyl (C=O) groups is 2. The lowest BCUT2D eigenvalue weighted by Gasteiger charge is -2.08. The van der Waals surface area contributed by atoms with Crippen molar-refractivity contribution in [2.75, 3.05) is 19.5 Å². The fourth-order valence-corrected chi connectivity index (χ4v) is 2.65. The summed E-state index contributed by atoms with van der Waals surface area (Å²) in [6.45, 7) is 0. The summed E-state index contributed by atoms with van der Waals surface area (Å²) in [5.74, 6) is -1.07. The fraction of sp³-hybridized carbons (Fsp3) is 0.118. The lowest BCUT2D eigenvalue weighted by Crippen LogP contribution is -2.32. The predicted molar refractivity (Wildman–Crippen MR) is 100 cm³/mol. The zero-order valence-electron chi connectivity index (χ0n) is 13.9. The number of nitrogens with zero attached hydrogens (tertiary/aromatic N) is 1. The summed E-state index contributed by atoms with van der Waals surface area (Å²) in [4.78, 5) is 23.7. The summed E-state index contributed by atoms with van der Waals surface area (Å²) in [5.41, 5.74) is 3.00. The zero-order chi connectivity index (χ0) is 19.1. The van der Waals surface area contributed by atoms with Crippen molar-refractivity contribution in [2.24, 2.45) is 5.10 Å². The van der Waals surface area contributed by atoms with E-state index in [1.54, 1.807) is 36.4 Å². The molecule has 0 saturated heterocycles. The van der Waals surface area contributed by atoms with Crippen LogP contribution >= 0.6 is 23.2 Å². The van der Waals surface area contributed by atoms with Crippen molar-refractivity contribution < 1.29 is 19.1 Å². The van der Waals surface area contributed by atoms with Crippen molar-refractivity contribution in [2.45, 2.75) is 0 Å². The maximum Gasteiger partial charge on any atom is 0.329 e. The number of hydrogen-bond acceptors (Lipinski definition) is 5. The molecule has 0 saturated carbocycles. The molecule has 0 unspecified atom stereocenters. The Kier molecular flexibility index (Phi) is 6.82. The number of hydrogen-bond donors (Lipinski definition) is 2. The molecule has 9 heteroatoms. The van der Waals surface area contributed by atoms with Gasteiger partial charge in [-0.3, -0.25) is 9.59 Å². The van der Waals surface area contributed by atoms with Crippen molar-refractivity contribution in [3.05, 3.63) is 52.0 Å². The number of amides is 2. The third kappa shape index (κ3) is 4.87. The highest BCUT2D eigenvalue weighted by molar-refractivity contribution is 6.40. The van der Waals surface area contributed by atoms with Gasteiger partial charge in [-0.2, -0.15) is 5.10 Å². The van der Waals surface area contributed by atoms with Gasteiger partial charge in [-0.05, 0) is 29.8 Å². The van der Waals surface area contributed by atoms with Gasteiger partial charge in [0.15, 0.2) is 5.75 Å². The number of nitrogens with one attached hydrogen (secondary N) is 2. The van der Waals surface area contributed by atoms with Crippen LogP contribution in [-0.4, -0.2) is 32.2 Å². The van der Waals surface area contributed by atoms with Gasteiger partial charge < -0.3 is 14.8 Å². The number of hydrazone groups is 1. The maximum absolute atomic E-state index is 11.9. The van der Waals surface area contributed by atoms with E-state index in [1.165, 1.54) is 20.4 Å². The van der Waals surface area contributed by atoms with E-state index in [2.05, 4.69) is 15.8 Å². The molecule has 136 valence electrons. The van der Waals surface area contributed by atoms with E-state index in [0.717, 1.165) is 0 Å². The molecule has 26 heavy (non-hydrogen) atoms. The Bertz CT molecular complexity index is 833. The van der Waals surface area contributed by atoms with Gasteiger partial charge in [0.05, 0.1) is 36.2 Å². The minimum atomic E-state index is -0.946. The molecule has 0 atom stereocenters. The largest absolute Gasteiger partial charge is 0.495 e. The first-order valence-corrected chi connectivity index (χ1v) is 8.02. The second kappa shape index (κ2) is 9.07. The number of methoxy groups -OCH3 is 2. The molecule has 0 fully saturated rings. The lowest BCUT2D eigenvalue weighted by atomic mass is 10.2. The first-order chi connectivity index (χ1) is 12.5. The van der Waals surface area contributed by atoms with Gasteiger partial charge in [0.25, 0.3) is 0 Å². The Hall–Kier alpha value is -2.77. The minimum Gasteiger partial charge on any atom is -0.495 e. The monoisotopic (exact) mass is 395 g/mol. The second-order valence-electron chi connectivity index (χ2n) is 4.87. The third-order valence-electron chi connectivity index (χ3n) is 3.17. The Morgan fingerprint density at radius 3 is 2.31 bits per heavy atom. The summed E-state index contributed by atoms with van der Waals surface area (Å²) >= 11 is 12.0. The van der Waals surface area contributed by atoms with Crippen LogP contribution in [0.5, 0.6) is 11.5 Å². The van der Waals surface area contributed by atoms with E-state index in [-0.39, 0.29) is 0 Å². The van der Waals surface area contributed by atoms with E-state index in [9.17, 15) is 9.59 Å². The van der Waals surface area contributed by atoms with Gasteiger partial charge in [-0.15, -0.1) is 0 Å². The van der Waals surface area contributed by atoms with Crippen LogP contribution in [0, 0.1) is 0 Å². The number of carbonyl (C=O) groups excluding carboxylic acids is 2. The highest BCUT2D eigenvalue weighted by Crippen LogP contribution is 2.33. The first-order valence-electron chi connectivity index (χ1n) is 7.26. The van der Waals surface area contributed by atoms with Crippen molar-refractivity contribution >= 4 is 46.9 Å². The molecule has 7 nitrogen and oxygen atoms in total. The Balaban J connectivity index is 1.99. The first kappa shape index (κ1) is 19.6. The number of halogens is 2. The molecule has 0 aliphatic rings. The summed E-state index contributed by atoms with van der Waals surface area (Å²) < 4.78 is 10.1. The Morgan fingerprint density at radius 1 is 1.04 bits per heavy atom. The van der Waals surface area contributed by atoms with Crippen LogP contribution in [0.1, 0.15) is 5.56 Å². The summed E-state index contributed by atoms with van der Waals surface area (Å²) in [6.07, 6.45) is 1.30. The highest BCUT2D eigenvalue weighted by atomic mass is 35.5. The van der Waals surface area contributed by atoms with Gasteiger partial charge in [-0.1, -0.05) is 35.3 Å². The second-order valence-corrected chi connectivity index (χ2v) is 5.69. The van der Waals surface area contributed by atoms with Crippen LogP contribution < -0.4 is 20.2 Å². The van der Waals surface area contributed by atoms with Crippen molar-refractivity contribution in [1.82, 2.24) is 5.43 Å². The normalized spacial score (nSPS) is 10.5. The van der Waals surface area contributed by atoms with E-state index < -0.39 is 11.8 Å². The van der Waals surface area contributed by atoms with Gasteiger partial charge >= 0.3 is 11.8 Å². The van der Waals surface area contributed by atoms with Crippen LogP contribution in [-0.2, 0) is 9.59 Å². The van der Waals surface area contributed by atoms with Crippen LogP contribution in [0.2, 0.25) is 10.0 Å². The Morgan fingerprint density at radius 2 is 1.69 bits per heavy atom. The molecule has 0 spiro atoms. The van der Waals surface area contributed by atoms with Gasteiger partial charge in [0.1, 0.15) is 5.75 Å². The molecule has 0 bridgehead atoms. The summed E-state index contributed by atoms with van der Waals surface area (Å²) in [6, 6.07) is 9.81. The standard InChI is InChI=1S/C17H15Cl2N3O4/c1-25-14-6-4-3-5-13(14)21-16(23)17(24)22-20-9-10-7-11(18)15(26-2)12(19)8-10/h3-9H,1-2H3,(H,21,23)(H,22,24)/b20-9-. The van der Waals surface area contributed by atoms with Crippen molar-refractivity contribution in [1.29, 1.82) is 0 Å². The molecular formula is C17H15Cl2N3O4. The quantitative estimate of drug-likeness (QED) is 0.462. The molecule has 0 heterocycles. The molecule has 0 aromatic heterocycles. The third-order valence-corrected chi connectivity index (χ3v) is 3.73. The SMILES string of the molecule is COc1ccccc1NC(=O)C(=O)N/N=C\c1cc(Cl)c(OC)c(Cl)c1. The fourth-order valence-electron chi connectivity index (χ4n) is 1.99. The number of anilines is 1. The minimum absolute atomic E-state index is 0.293. The van der Waals surface area contributed by atoms with Crippen LogP contribution in [0.25, 0.3) is 0 Å². The molecule has 0 radical (unpaired) electrons. The molecule has 2 amide bonds. The molecule has 2 aromatic rings. The van der Waals surface area contributed by atoms with Gasteiger partial charge in [0.2, 0.25) is 0 Å². The summed E-state index contributed by atoms with van der Waals surface area (Å²) in [5, 5.41) is 6.73. The average molecular weight is 396 g/mol. The van der Waals surface area contributed by atoms with Gasteiger partial charge in [-0.25, -0.2) is 5.43 Å². The number of para-hydroxylation sites is 2. The molecular weight excluding hydrogens is 381 g/mol. The number of rotatable bonds is 5. The lowest BCUT2D eigenvalue weighted by molar-refractivity contribution is -0.136. The summed E-state index contributed by atoms with van der Waals surface area (Å²) in [7, 11) is 2.90. The molecule has 0 aliphatic heterocycles. The van der Waals surface area contributed by atoms with E-state index >= 15 is 0 Å². The van der Waals surface area contributed by atoms with E-state index in [1.807, 2.05) is 0 Å². The van der Waals surface area contributed by atoms with E-state index in [4.69, 9.17) is 32.7 Å². The zero-order valence-corrected chi connectivity index (χ0v) is 15.4. The molecule has 2 N–H and O–H groups in total. The van der Waals surface area contributed by atoms with Crippen LogP contribution in [0.15, 0.2) is 41.5 Å². The number of ether oxygens (including phenoxy) is 2. The Labute approximate surface area is 159 Å². The maximum atomic E-state index is 11.9. The van der Waals surface area contributed by atoms with Crippen LogP contribution in [0.4, 0.5) is 5.69 Å². The molecule has 0 aliphatic carbocycles. The predicted octanol–water partition coefficient (Wildman–Crippen LogP) is 3.10. The van der Waals surface area contributed by atoms with Crippen molar-refractivity contribution in [3.63, 3.8) is 0 Å². The molecule has 2 rings (SSSR count). The van der Waals surface area contributed by atoms with Crippen LogP contribution in [0.3, 0.4) is 0 Å². The van der Waals surface area contributed by atoms with Gasteiger partial charge in [0, 0.05) is 0 Å². The highest BCUT2D eigenvalue weighted by Gasteiger charge is 2.15. The number of benzene rings is 2. The van der Waals surface area contributed by atoms with E-state index in [0.29, 0.717) is 32.8 Å². The smallest absolute Gasteiger partial charge is 0.329 e. The van der Waals surface area contributed by atoms with Crippen molar-refractivity contribution in [3.8, 4) is 11.5 Å². The topological polar surface area (TPSA) is 89.0 Å². The average Bonchev–Trinajstić information content (AvgIpc) is 2.61.